The van der Waals surface area contributed by atoms with Crippen molar-refractivity contribution in [2.75, 3.05) is 5.75 Å². The second kappa shape index (κ2) is 6.05. The van der Waals surface area contributed by atoms with Gasteiger partial charge in [-0.05, 0) is 38.1 Å². The van der Waals surface area contributed by atoms with Gasteiger partial charge in [0.1, 0.15) is 11.5 Å². The number of rotatable bonds is 4. The number of benzene rings is 1. The minimum atomic E-state index is -3.56. The number of hydrogen-bond acceptors (Lipinski definition) is 5. The van der Waals surface area contributed by atoms with E-state index in [-0.39, 0.29) is 16.4 Å². The Kier molecular flexibility index (Phi) is 4.37. The molecule has 110 valence electrons. The number of oxime groups is 1. The molecule has 0 fully saturated rings. The average Bonchev–Trinajstić information content (AvgIpc) is 2.45. The molecule has 2 aromatic rings. The van der Waals surface area contributed by atoms with Gasteiger partial charge in [-0.15, -0.1) is 0 Å². The molecule has 2 rings (SSSR count). The third-order valence-corrected chi connectivity index (χ3v) is 4.70. The van der Waals surface area contributed by atoms with Crippen LogP contribution in [0.1, 0.15) is 16.8 Å². The van der Waals surface area contributed by atoms with Crippen LogP contribution in [0, 0.1) is 13.8 Å². The molecule has 1 N–H and O–H groups in total. The van der Waals surface area contributed by atoms with Gasteiger partial charge in [-0.2, -0.15) is 0 Å². The van der Waals surface area contributed by atoms with Crippen molar-refractivity contribution in [3.8, 4) is 0 Å². The maximum atomic E-state index is 12.4. The van der Waals surface area contributed by atoms with E-state index in [9.17, 15) is 8.42 Å². The Labute approximate surface area is 123 Å². The first-order valence-corrected chi connectivity index (χ1v) is 8.01. The lowest BCUT2D eigenvalue weighted by Gasteiger charge is -2.07. The number of nitrogens with zero attached hydrogens (tertiary/aromatic N) is 2. The minimum absolute atomic E-state index is 0.0982. The monoisotopic (exact) mass is 304 g/mol. The highest BCUT2D eigenvalue weighted by Crippen LogP contribution is 2.14. The van der Waals surface area contributed by atoms with Crippen LogP contribution in [0.15, 0.2) is 52.6 Å². The number of pyridine rings is 1. The Balaban J connectivity index is 2.32. The van der Waals surface area contributed by atoms with Crippen LogP contribution in [0.5, 0.6) is 0 Å². The van der Waals surface area contributed by atoms with Gasteiger partial charge in [-0.3, -0.25) is 4.98 Å². The quantitative estimate of drug-likeness (QED) is 0.534. The Bertz CT molecular complexity index is 766. The average molecular weight is 304 g/mol. The van der Waals surface area contributed by atoms with Crippen molar-refractivity contribution in [2.45, 2.75) is 18.7 Å². The maximum absolute atomic E-state index is 12.4. The molecule has 0 radical (unpaired) electrons. The number of aromatic nitrogens is 1. The fourth-order valence-corrected chi connectivity index (χ4v) is 3.21. The topological polar surface area (TPSA) is 79.6 Å². The van der Waals surface area contributed by atoms with E-state index in [1.54, 1.807) is 49.5 Å². The molecule has 21 heavy (non-hydrogen) atoms. The zero-order valence-corrected chi connectivity index (χ0v) is 12.6. The van der Waals surface area contributed by atoms with Gasteiger partial charge in [-0.1, -0.05) is 22.9 Å². The standard InChI is InChI=1S/C15H16N2O3S/c1-11-3-5-14(6-4-11)21(19,20)10-15(17-18)13-7-8-16-12(2)9-13/h3-9,18H,10H2,1-2H3. The van der Waals surface area contributed by atoms with Crippen molar-refractivity contribution >= 4 is 15.5 Å². The first-order chi connectivity index (χ1) is 9.92. The fourth-order valence-electron chi connectivity index (χ4n) is 1.90. The van der Waals surface area contributed by atoms with Crippen molar-refractivity contribution in [3.05, 3.63) is 59.4 Å². The van der Waals surface area contributed by atoms with E-state index in [0.29, 0.717) is 5.56 Å². The van der Waals surface area contributed by atoms with Gasteiger partial charge < -0.3 is 5.21 Å². The molecule has 1 heterocycles. The summed E-state index contributed by atoms with van der Waals surface area (Å²) < 4.78 is 24.7. The van der Waals surface area contributed by atoms with E-state index in [0.717, 1.165) is 11.3 Å². The van der Waals surface area contributed by atoms with Crippen molar-refractivity contribution in [2.24, 2.45) is 5.16 Å². The molecule has 1 aromatic heterocycles. The smallest absolute Gasteiger partial charge is 0.184 e. The van der Waals surface area contributed by atoms with E-state index in [1.807, 2.05) is 6.92 Å². The third kappa shape index (κ3) is 3.66. The van der Waals surface area contributed by atoms with Gasteiger partial charge in [0.25, 0.3) is 0 Å². The molecular formula is C15H16N2O3S. The molecule has 0 saturated carbocycles. The molecule has 6 heteroatoms. The summed E-state index contributed by atoms with van der Waals surface area (Å²) in [5.41, 5.74) is 2.35. The lowest BCUT2D eigenvalue weighted by molar-refractivity contribution is 0.319. The lowest BCUT2D eigenvalue weighted by atomic mass is 10.1. The van der Waals surface area contributed by atoms with Gasteiger partial charge in [0.15, 0.2) is 9.84 Å². The summed E-state index contributed by atoms with van der Waals surface area (Å²) in [6.07, 6.45) is 1.55. The Morgan fingerprint density at radius 3 is 2.43 bits per heavy atom. The highest BCUT2D eigenvalue weighted by molar-refractivity contribution is 7.92. The number of aryl methyl sites for hydroxylation is 2. The van der Waals surface area contributed by atoms with Crippen LogP contribution < -0.4 is 0 Å². The second-order valence-electron chi connectivity index (χ2n) is 4.80. The van der Waals surface area contributed by atoms with E-state index in [4.69, 9.17) is 5.21 Å². The van der Waals surface area contributed by atoms with Crippen LogP contribution in [0.25, 0.3) is 0 Å². The molecule has 0 spiro atoms. The molecule has 0 bridgehead atoms. The van der Waals surface area contributed by atoms with E-state index in [2.05, 4.69) is 10.1 Å². The van der Waals surface area contributed by atoms with Crippen LogP contribution in [0.4, 0.5) is 0 Å². The van der Waals surface area contributed by atoms with Crippen LogP contribution in [-0.2, 0) is 9.84 Å². The summed E-state index contributed by atoms with van der Waals surface area (Å²) in [5.74, 6) is -0.365. The molecule has 0 aliphatic carbocycles. The number of hydrogen-bond donors (Lipinski definition) is 1. The van der Waals surface area contributed by atoms with E-state index < -0.39 is 9.84 Å². The van der Waals surface area contributed by atoms with Crippen LogP contribution in [0.3, 0.4) is 0 Å². The first-order valence-electron chi connectivity index (χ1n) is 6.36. The number of sulfone groups is 1. The highest BCUT2D eigenvalue weighted by atomic mass is 32.2. The Morgan fingerprint density at radius 2 is 1.86 bits per heavy atom. The van der Waals surface area contributed by atoms with Crippen molar-refractivity contribution < 1.29 is 13.6 Å². The summed E-state index contributed by atoms with van der Waals surface area (Å²) in [4.78, 5) is 4.24. The molecule has 5 nitrogen and oxygen atoms in total. The molecule has 0 aliphatic rings. The van der Waals surface area contributed by atoms with E-state index in [1.165, 1.54) is 0 Å². The zero-order valence-electron chi connectivity index (χ0n) is 11.8. The molecular weight excluding hydrogens is 288 g/mol. The molecule has 0 aliphatic heterocycles. The van der Waals surface area contributed by atoms with Crippen molar-refractivity contribution in [1.29, 1.82) is 0 Å². The summed E-state index contributed by atoms with van der Waals surface area (Å²) in [6, 6.07) is 9.87. The van der Waals surface area contributed by atoms with Crippen LogP contribution in [0.2, 0.25) is 0 Å². The predicted molar refractivity (Wildman–Crippen MR) is 80.5 cm³/mol. The zero-order chi connectivity index (χ0) is 15.5. The van der Waals surface area contributed by atoms with Gasteiger partial charge >= 0.3 is 0 Å². The summed E-state index contributed by atoms with van der Waals surface area (Å²) in [5, 5.41) is 12.3. The van der Waals surface area contributed by atoms with E-state index >= 15 is 0 Å². The SMILES string of the molecule is Cc1ccc(S(=O)(=O)CC(=NO)c2ccnc(C)c2)cc1. The summed E-state index contributed by atoms with van der Waals surface area (Å²) in [7, 11) is -3.56. The minimum Gasteiger partial charge on any atom is -0.411 e. The summed E-state index contributed by atoms with van der Waals surface area (Å²) >= 11 is 0. The molecule has 1 aromatic carbocycles. The molecule has 0 atom stereocenters. The normalized spacial score (nSPS) is 12.4. The van der Waals surface area contributed by atoms with Crippen molar-refractivity contribution in [3.63, 3.8) is 0 Å². The van der Waals surface area contributed by atoms with Crippen molar-refractivity contribution in [1.82, 2.24) is 4.98 Å². The van der Waals surface area contributed by atoms with Gasteiger partial charge in [-0.25, -0.2) is 8.42 Å². The van der Waals surface area contributed by atoms with Gasteiger partial charge in [0.2, 0.25) is 0 Å². The molecule has 0 unspecified atom stereocenters. The Morgan fingerprint density at radius 1 is 1.19 bits per heavy atom. The largest absolute Gasteiger partial charge is 0.411 e. The van der Waals surface area contributed by atoms with Crippen LogP contribution in [-0.4, -0.2) is 30.1 Å². The van der Waals surface area contributed by atoms with Crippen LogP contribution >= 0.6 is 0 Å². The molecule has 0 saturated heterocycles. The fraction of sp³-hybridized carbons (Fsp3) is 0.200. The maximum Gasteiger partial charge on any atom is 0.184 e. The van der Waals surface area contributed by atoms with Gasteiger partial charge in [0.05, 0.1) is 4.90 Å². The van der Waals surface area contributed by atoms with Gasteiger partial charge in [0, 0.05) is 17.5 Å². The first kappa shape index (κ1) is 15.2. The predicted octanol–water partition coefficient (Wildman–Crippen LogP) is 2.35. The summed E-state index contributed by atoms with van der Waals surface area (Å²) in [6.45, 7) is 3.67. The third-order valence-electron chi connectivity index (χ3n) is 3.06. The Hall–Kier alpha value is -2.21. The second-order valence-corrected chi connectivity index (χ2v) is 6.79. The highest BCUT2D eigenvalue weighted by Gasteiger charge is 2.19. The lowest BCUT2D eigenvalue weighted by Crippen LogP contribution is -2.17. The molecule has 0 amide bonds.